The second-order valence-corrected chi connectivity index (χ2v) is 5.58. The number of allylic oxidation sites excluding steroid dienone is 1. The summed E-state index contributed by atoms with van der Waals surface area (Å²) in [5.41, 5.74) is 4.85. The quantitative estimate of drug-likeness (QED) is 0.764. The van der Waals surface area contributed by atoms with Gasteiger partial charge >= 0.3 is 0 Å². The maximum atomic E-state index is 9.44. The van der Waals surface area contributed by atoms with Crippen LogP contribution in [0, 0.1) is 25.2 Å². The van der Waals surface area contributed by atoms with Gasteiger partial charge in [-0.25, -0.2) is 0 Å². The molecule has 0 saturated heterocycles. The van der Waals surface area contributed by atoms with E-state index in [4.69, 9.17) is 16.3 Å². The number of hydrogen-bond donors (Lipinski definition) is 0. The smallest absolute Gasteiger partial charge is 0.0998 e. The van der Waals surface area contributed by atoms with Gasteiger partial charge in [-0.3, -0.25) is 0 Å². The van der Waals surface area contributed by atoms with Crippen molar-refractivity contribution in [2.75, 3.05) is 13.7 Å². The van der Waals surface area contributed by atoms with E-state index in [0.29, 0.717) is 17.2 Å². The Labute approximate surface area is 136 Å². The van der Waals surface area contributed by atoms with Gasteiger partial charge in [0.05, 0.1) is 18.2 Å². The summed E-state index contributed by atoms with van der Waals surface area (Å²) in [6, 6.07) is 11.7. The topological polar surface area (TPSA) is 38.0 Å². The molecule has 0 aliphatic heterocycles. The van der Waals surface area contributed by atoms with Crippen molar-refractivity contribution in [3.63, 3.8) is 0 Å². The first-order chi connectivity index (χ1) is 10.6. The van der Waals surface area contributed by atoms with E-state index in [1.807, 2.05) is 18.2 Å². The van der Waals surface area contributed by atoms with E-state index in [1.54, 1.807) is 19.2 Å². The lowest BCUT2D eigenvalue weighted by Crippen LogP contribution is -2.07. The Morgan fingerprint density at radius 1 is 1.32 bits per heavy atom. The number of aromatic nitrogens is 1. The fourth-order valence-electron chi connectivity index (χ4n) is 2.47. The van der Waals surface area contributed by atoms with Crippen LogP contribution >= 0.6 is 11.6 Å². The summed E-state index contributed by atoms with van der Waals surface area (Å²) in [6.45, 7) is 5.60. The zero-order valence-corrected chi connectivity index (χ0v) is 13.8. The average Bonchev–Trinajstić information content (AvgIpc) is 2.78. The Morgan fingerprint density at radius 2 is 2.00 bits per heavy atom. The molecule has 0 amide bonds. The van der Waals surface area contributed by atoms with Crippen LogP contribution in [0.1, 0.15) is 22.5 Å². The van der Waals surface area contributed by atoms with Crippen LogP contribution in [0.15, 0.2) is 30.3 Å². The Balaban J connectivity index is 2.38. The SMILES string of the molecule is COCCn1c(C)cc(/C=C(\C#N)c2ccc(Cl)cc2)c1C. The first kappa shape index (κ1) is 16.4. The van der Waals surface area contributed by atoms with Crippen molar-refractivity contribution in [1.82, 2.24) is 4.57 Å². The molecule has 0 atom stereocenters. The molecular weight excluding hydrogens is 296 g/mol. The highest BCUT2D eigenvalue weighted by Gasteiger charge is 2.09. The second-order valence-electron chi connectivity index (χ2n) is 5.15. The van der Waals surface area contributed by atoms with Crippen LogP contribution in [0.2, 0.25) is 5.02 Å². The third-order valence-electron chi connectivity index (χ3n) is 3.71. The minimum Gasteiger partial charge on any atom is -0.383 e. The lowest BCUT2D eigenvalue weighted by Gasteiger charge is -2.08. The summed E-state index contributed by atoms with van der Waals surface area (Å²) in [7, 11) is 1.70. The van der Waals surface area contributed by atoms with E-state index in [1.165, 1.54) is 0 Å². The molecule has 3 nitrogen and oxygen atoms in total. The molecule has 2 aromatic rings. The van der Waals surface area contributed by atoms with Gasteiger partial charge in [-0.15, -0.1) is 0 Å². The highest BCUT2D eigenvalue weighted by atomic mass is 35.5. The molecule has 4 heteroatoms. The van der Waals surface area contributed by atoms with E-state index in [0.717, 1.165) is 29.1 Å². The van der Waals surface area contributed by atoms with Gasteiger partial charge in [-0.05, 0) is 49.2 Å². The number of methoxy groups -OCH3 is 1. The fraction of sp³-hybridized carbons (Fsp3) is 0.278. The monoisotopic (exact) mass is 314 g/mol. The molecule has 0 fully saturated rings. The molecule has 0 aliphatic rings. The van der Waals surface area contributed by atoms with Crippen molar-refractivity contribution in [2.24, 2.45) is 0 Å². The van der Waals surface area contributed by atoms with Gasteiger partial charge in [0.1, 0.15) is 0 Å². The number of nitriles is 1. The lowest BCUT2D eigenvalue weighted by molar-refractivity contribution is 0.186. The molecule has 1 aromatic carbocycles. The summed E-state index contributed by atoms with van der Waals surface area (Å²) in [6.07, 6.45) is 1.93. The first-order valence-electron chi connectivity index (χ1n) is 7.10. The molecular formula is C18H19ClN2O. The lowest BCUT2D eigenvalue weighted by atomic mass is 10.0. The third-order valence-corrected chi connectivity index (χ3v) is 3.96. The highest BCUT2D eigenvalue weighted by molar-refractivity contribution is 6.30. The maximum absolute atomic E-state index is 9.44. The number of nitrogens with zero attached hydrogens (tertiary/aromatic N) is 2. The average molecular weight is 315 g/mol. The second kappa shape index (κ2) is 7.31. The van der Waals surface area contributed by atoms with Crippen LogP contribution in [0.4, 0.5) is 0 Å². The first-order valence-corrected chi connectivity index (χ1v) is 7.48. The van der Waals surface area contributed by atoms with Crippen LogP contribution in [0.3, 0.4) is 0 Å². The predicted molar refractivity (Wildman–Crippen MR) is 90.7 cm³/mol. The van der Waals surface area contributed by atoms with E-state index in [9.17, 15) is 5.26 Å². The Bertz CT molecular complexity index is 721. The van der Waals surface area contributed by atoms with E-state index >= 15 is 0 Å². The van der Waals surface area contributed by atoms with Crippen molar-refractivity contribution in [1.29, 1.82) is 5.26 Å². The molecule has 0 N–H and O–H groups in total. The zero-order valence-electron chi connectivity index (χ0n) is 13.1. The summed E-state index contributed by atoms with van der Waals surface area (Å²) in [5, 5.41) is 10.1. The highest BCUT2D eigenvalue weighted by Crippen LogP contribution is 2.23. The number of aryl methyl sites for hydroxylation is 1. The molecule has 0 unspecified atom stereocenters. The standard InChI is InChI=1S/C18H19ClN2O/c1-13-10-16(14(2)21(13)8-9-22-3)11-17(12-20)15-4-6-18(19)7-5-15/h4-7,10-11H,8-9H2,1-3H3/b17-11+. The number of ether oxygens (including phenoxy) is 1. The molecule has 0 aliphatic carbocycles. The Morgan fingerprint density at radius 3 is 2.59 bits per heavy atom. The van der Waals surface area contributed by atoms with Gasteiger partial charge < -0.3 is 9.30 Å². The largest absolute Gasteiger partial charge is 0.383 e. The molecule has 0 bridgehead atoms. The van der Waals surface area contributed by atoms with Crippen molar-refractivity contribution < 1.29 is 4.74 Å². The Hall–Kier alpha value is -2.02. The Kier molecular flexibility index (Phi) is 5.43. The van der Waals surface area contributed by atoms with Gasteiger partial charge in [0.25, 0.3) is 0 Å². The van der Waals surface area contributed by atoms with Crippen LogP contribution in [-0.2, 0) is 11.3 Å². The minimum atomic E-state index is 0.628. The summed E-state index contributed by atoms with van der Waals surface area (Å²) < 4.78 is 7.35. The maximum Gasteiger partial charge on any atom is 0.0998 e. The van der Waals surface area contributed by atoms with Crippen molar-refractivity contribution in [2.45, 2.75) is 20.4 Å². The minimum absolute atomic E-state index is 0.628. The zero-order chi connectivity index (χ0) is 16.1. The third kappa shape index (κ3) is 3.59. The summed E-state index contributed by atoms with van der Waals surface area (Å²) in [4.78, 5) is 0. The van der Waals surface area contributed by atoms with Crippen molar-refractivity contribution in [3.8, 4) is 6.07 Å². The number of rotatable bonds is 5. The van der Waals surface area contributed by atoms with Crippen LogP contribution in [-0.4, -0.2) is 18.3 Å². The summed E-state index contributed by atoms with van der Waals surface area (Å²) >= 11 is 5.90. The number of hydrogen-bond acceptors (Lipinski definition) is 2. The van der Waals surface area contributed by atoms with Crippen LogP contribution in [0.25, 0.3) is 11.6 Å². The molecule has 22 heavy (non-hydrogen) atoms. The molecule has 114 valence electrons. The van der Waals surface area contributed by atoms with Gasteiger partial charge in [-0.1, -0.05) is 23.7 Å². The summed E-state index contributed by atoms with van der Waals surface area (Å²) in [5.74, 6) is 0. The number of benzene rings is 1. The molecule has 0 saturated carbocycles. The number of halogens is 1. The van der Waals surface area contributed by atoms with Gasteiger partial charge in [0, 0.05) is 30.1 Å². The predicted octanol–water partition coefficient (Wildman–Crippen LogP) is 4.47. The fourth-order valence-corrected chi connectivity index (χ4v) is 2.59. The van der Waals surface area contributed by atoms with E-state index < -0.39 is 0 Å². The van der Waals surface area contributed by atoms with E-state index in [2.05, 4.69) is 30.6 Å². The van der Waals surface area contributed by atoms with Gasteiger partial charge in [-0.2, -0.15) is 5.26 Å². The molecule has 0 radical (unpaired) electrons. The van der Waals surface area contributed by atoms with Gasteiger partial charge in [0.2, 0.25) is 0 Å². The van der Waals surface area contributed by atoms with Crippen molar-refractivity contribution >= 4 is 23.3 Å². The van der Waals surface area contributed by atoms with Crippen molar-refractivity contribution in [3.05, 3.63) is 57.9 Å². The van der Waals surface area contributed by atoms with Gasteiger partial charge in [0.15, 0.2) is 0 Å². The normalized spacial score (nSPS) is 11.5. The molecule has 2 rings (SSSR count). The van der Waals surface area contributed by atoms with E-state index in [-0.39, 0.29) is 0 Å². The molecule has 0 spiro atoms. The van der Waals surface area contributed by atoms with Crippen LogP contribution in [0.5, 0.6) is 0 Å². The molecule has 1 aromatic heterocycles. The molecule has 1 heterocycles. The van der Waals surface area contributed by atoms with Crippen LogP contribution < -0.4 is 0 Å².